The molecule has 0 spiro atoms. The van der Waals surface area contributed by atoms with Gasteiger partial charge in [0, 0.05) is 0 Å². The first kappa shape index (κ1) is 15.3. The second kappa shape index (κ2) is 5.70. The van der Waals surface area contributed by atoms with E-state index in [4.69, 9.17) is 5.11 Å². The Kier molecular flexibility index (Phi) is 4.14. The van der Waals surface area contributed by atoms with E-state index in [1.165, 1.54) is 30.5 Å². The summed E-state index contributed by atoms with van der Waals surface area (Å²) in [4.78, 5) is 14.8. The van der Waals surface area contributed by atoms with Gasteiger partial charge in [-0.15, -0.1) is 11.3 Å². The van der Waals surface area contributed by atoms with Gasteiger partial charge in [-0.1, -0.05) is 0 Å². The molecule has 0 aliphatic rings. The van der Waals surface area contributed by atoms with Gasteiger partial charge in [0.2, 0.25) is 0 Å². The van der Waals surface area contributed by atoms with E-state index < -0.39 is 22.5 Å². The minimum absolute atomic E-state index is 0.0330. The van der Waals surface area contributed by atoms with Gasteiger partial charge in [0.25, 0.3) is 10.0 Å². The molecule has 7 nitrogen and oxygen atoms in total. The zero-order valence-corrected chi connectivity index (χ0v) is 12.6. The fourth-order valence-electron chi connectivity index (χ4n) is 1.63. The maximum absolute atomic E-state index is 12.5. The number of phenolic OH excluding ortho intramolecular Hbond substituents is 1. The first-order chi connectivity index (χ1) is 9.80. The van der Waals surface area contributed by atoms with E-state index in [9.17, 15) is 18.3 Å². The van der Waals surface area contributed by atoms with Crippen LogP contribution in [0.15, 0.2) is 34.7 Å². The van der Waals surface area contributed by atoms with Crippen LogP contribution >= 0.6 is 11.3 Å². The van der Waals surface area contributed by atoms with Gasteiger partial charge in [0.1, 0.15) is 12.3 Å². The number of aliphatic carboxylic acids is 1. The fraction of sp³-hybridized carbons (Fsp3) is 0.167. The number of benzene rings is 1. The van der Waals surface area contributed by atoms with Gasteiger partial charge in [-0.25, -0.2) is 13.4 Å². The lowest BCUT2D eigenvalue weighted by Gasteiger charge is -2.21. The van der Waals surface area contributed by atoms with E-state index >= 15 is 0 Å². The summed E-state index contributed by atoms with van der Waals surface area (Å²) < 4.78 is 25.8. The number of hydrogen-bond acceptors (Lipinski definition) is 6. The summed E-state index contributed by atoms with van der Waals surface area (Å²) in [7, 11) is -4.01. The molecular weight excluding hydrogens is 316 g/mol. The summed E-state index contributed by atoms with van der Waals surface area (Å²) in [5.41, 5.74) is 0.154. The van der Waals surface area contributed by atoms with Crippen molar-refractivity contribution in [2.75, 3.05) is 10.8 Å². The molecule has 2 N–H and O–H groups in total. The van der Waals surface area contributed by atoms with Gasteiger partial charge in [0.15, 0.2) is 4.21 Å². The summed E-state index contributed by atoms with van der Waals surface area (Å²) in [5, 5.41) is 18.8. The van der Waals surface area contributed by atoms with Crippen LogP contribution in [0, 0.1) is 6.92 Å². The number of carboxylic acids is 1. The lowest BCUT2D eigenvalue weighted by molar-refractivity contribution is -0.135. The van der Waals surface area contributed by atoms with Crippen molar-refractivity contribution in [3.63, 3.8) is 0 Å². The van der Waals surface area contributed by atoms with Gasteiger partial charge in [-0.05, 0) is 31.2 Å². The predicted octanol–water partition coefficient (Wildman–Crippen LogP) is 1.44. The number of rotatable bonds is 5. The van der Waals surface area contributed by atoms with Gasteiger partial charge in [-0.2, -0.15) is 0 Å². The molecule has 112 valence electrons. The lowest BCUT2D eigenvalue weighted by Crippen LogP contribution is -2.35. The average molecular weight is 328 g/mol. The molecule has 0 atom stereocenters. The highest BCUT2D eigenvalue weighted by molar-refractivity contribution is 7.94. The minimum Gasteiger partial charge on any atom is -0.508 e. The Balaban J connectivity index is 2.49. The van der Waals surface area contributed by atoms with E-state index in [1.807, 2.05) is 0 Å². The van der Waals surface area contributed by atoms with Crippen LogP contribution in [0.3, 0.4) is 0 Å². The van der Waals surface area contributed by atoms with Gasteiger partial charge >= 0.3 is 5.97 Å². The van der Waals surface area contributed by atoms with E-state index in [2.05, 4.69) is 4.98 Å². The molecule has 0 aliphatic carbocycles. The van der Waals surface area contributed by atoms with Crippen LogP contribution in [0.5, 0.6) is 5.75 Å². The molecule has 0 amide bonds. The van der Waals surface area contributed by atoms with Gasteiger partial charge in [0.05, 0.1) is 16.9 Å². The molecule has 1 aromatic carbocycles. The molecule has 2 rings (SSSR count). The topological polar surface area (TPSA) is 108 Å². The Labute approximate surface area is 125 Å². The Morgan fingerprint density at radius 1 is 1.33 bits per heavy atom. The smallest absolute Gasteiger partial charge is 0.324 e. The highest BCUT2D eigenvalue weighted by Crippen LogP contribution is 2.28. The van der Waals surface area contributed by atoms with Crippen LogP contribution in [0.25, 0.3) is 0 Å². The molecule has 2 aromatic rings. The molecule has 0 saturated heterocycles. The number of thiazole rings is 1. The maximum Gasteiger partial charge on any atom is 0.324 e. The second-order valence-electron chi connectivity index (χ2n) is 4.12. The van der Waals surface area contributed by atoms with Crippen LogP contribution in [0.4, 0.5) is 5.69 Å². The number of nitrogens with zero attached hydrogens (tertiary/aromatic N) is 2. The molecule has 21 heavy (non-hydrogen) atoms. The summed E-state index contributed by atoms with van der Waals surface area (Å²) in [6.45, 7) is 0.940. The molecular formula is C12H12N2O5S2. The van der Waals surface area contributed by atoms with E-state index in [-0.39, 0.29) is 15.6 Å². The highest BCUT2D eigenvalue weighted by Gasteiger charge is 2.28. The van der Waals surface area contributed by atoms with Gasteiger partial charge < -0.3 is 10.2 Å². The molecule has 1 aromatic heterocycles. The lowest BCUT2D eigenvalue weighted by atomic mass is 10.3. The Morgan fingerprint density at radius 2 is 1.95 bits per heavy atom. The first-order valence-corrected chi connectivity index (χ1v) is 8.02. The van der Waals surface area contributed by atoms with E-state index in [1.54, 1.807) is 6.92 Å². The van der Waals surface area contributed by atoms with E-state index in [0.29, 0.717) is 5.01 Å². The van der Waals surface area contributed by atoms with Crippen molar-refractivity contribution in [3.05, 3.63) is 35.5 Å². The highest BCUT2D eigenvalue weighted by atomic mass is 32.2. The Hall–Kier alpha value is -2.13. The second-order valence-corrected chi connectivity index (χ2v) is 7.44. The third kappa shape index (κ3) is 3.31. The van der Waals surface area contributed by atoms with Crippen molar-refractivity contribution in [2.45, 2.75) is 11.1 Å². The standard InChI is InChI=1S/C12H12N2O5S2/c1-8-13-6-12(20-8)21(18,19)14(7-11(16)17)9-2-4-10(15)5-3-9/h2-6,15H,7H2,1H3,(H,16,17). The SMILES string of the molecule is Cc1ncc(S(=O)(=O)N(CC(=O)O)c2ccc(O)cc2)s1. The largest absolute Gasteiger partial charge is 0.508 e. The third-order valence-corrected chi connectivity index (χ3v) is 5.68. The zero-order valence-electron chi connectivity index (χ0n) is 10.9. The minimum atomic E-state index is -4.01. The van der Waals surface area contributed by atoms with Crippen LogP contribution in [0.2, 0.25) is 0 Å². The van der Waals surface area contributed by atoms with Crippen LogP contribution in [-0.2, 0) is 14.8 Å². The van der Waals surface area contributed by atoms with E-state index in [0.717, 1.165) is 15.6 Å². The number of phenols is 1. The van der Waals surface area contributed by atoms with Crippen LogP contribution in [0.1, 0.15) is 5.01 Å². The average Bonchev–Trinajstić information content (AvgIpc) is 2.84. The molecule has 0 aliphatic heterocycles. The molecule has 9 heteroatoms. The van der Waals surface area contributed by atoms with Crippen molar-refractivity contribution in [2.24, 2.45) is 0 Å². The third-order valence-electron chi connectivity index (χ3n) is 2.56. The number of carboxylic acid groups (broad SMARTS) is 1. The summed E-state index contributed by atoms with van der Waals surface area (Å²) in [6, 6.07) is 5.25. The van der Waals surface area contributed by atoms with Gasteiger partial charge in [-0.3, -0.25) is 9.10 Å². The monoisotopic (exact) mass is 328 g/mol. The summed E-state index contributed by atoms with van der Waals surface area (Å²) in [6.07, 6.45) is 1.20. The van der Waals surface area contributed by atoms with Crippen molar-refractivity contribution >= 4 is 33.0 Å². The van der Waals surface area contributed by atoms with Crippen LogP contribution in [-0.4, -0.2) is 36.1 Å². The van der Waals surface area contributed by atoms with Crippen molar-refractivity contribution < 1.29 is 23.4 Å². The molecule has 0 saturated carbocycles. The molecule has 0 unspecified atom stereocenters. The molecule has 0 bridgehead atoms. The summed E-state index contributed by atoms with van der Waals surface area (Å²) in [5.74, 6) is -1.33. The number of hydrogen-bond donors (Lipinski definition) is 2. The van der Waals surface area contributed by atoms with Crippen molar-refractivity contribution in [1.29, 1.82) is 0 Å². The Morgan fingerprint density at radius 3 is 2.43 bits per heavy atom. The normalized spacial score (nSPS) is 11.3. The number of aromatic nitrogens is 1. The van der Waals surface area contributed by atoms with Crippen LogP contribution < -0.4 is 4.31 Å². The Bertz CT molecular complexity index is 752. The molecule has 0 radical (unpaired) electrons. The zero-order chi connectivity index (χ0) is 15.6. The number of anilines is 1. The summed E-state index contributed by atoms with van der Waals surface area (Å²) >= 11 is 0.965. The molecule has 0 fully saturated rings. The quantitative estimate of drug-likeness (QED) is 0.860. The first-order valence-electron chi connectivity index (χ1n) is 5.76. The molecule has 1 heterocycles. The van der Waals surface area contributed by atoms with Crippen molar-refractivity contribution in [1.82, 2.24) is 4.98 Å². The number of aromatic hydroxyl groups is 1. The van der Waals surface area contributed by atoms with Crippen molar-refractivity contribution in [3.8, 4) is 5.75 Å². The number of aryl methyl sites for hydroxylation is 1. The maximum atomic E-state index is 12.5. The predicted molar refractivity (Wildman–Crippen MR) is 77.1 cm³/mol. The fourth-order valence-corrected chi connectivity index (χ4v) is 4.26. The number of carbonyl (C=O) groups is 1. The number of sulfonamides is 1.